The average Bonchev–Trinajstić information content (AvgIpc) is 2.63. The first-order valence-corrected chi connectivity index (χ1v) is 6.50. The molecule has 2 aromatic rings. The highest BCUT2D eigenvalue weighted by molar-refractivity contribution is 7.99. The van der Waals surface area contributed by atoms with Crippen molar-refractivity contribution >= 4 is 29.3 Å². The largest absolute Gasteiger partial charge is 0.439 e. The third-order valence-corrected chi connectivity index (χ3v) is 3.00. The molecule has 0 aliphatic rings. The lowest BCUT2D eigenvalue weighted by Gasteiger charge is -2.00. The predicted molar refractivity (Wildman–Crippen MR) is 63.6 cm³/mol. The molecule has 7 heteroatoms. The Morgan fingerprint density at radius 1 is 1.31 bits per heavy atom. The van der Waals surface area contributed by atoms with Crippen molar-refractivity contribution in [2.75, 3.05) is 12.0 Å². The molecule has 0 aliphatic carbocycles. The van der Waals surface area contributed by atoms with Crippen LogP contribution in [0.1, 0.15) is 5.69 Å². The van der Waals surface area contributed by atoms with Crippen LogP contribution in [0.4, 0.5) is 5.82 Å². The van der Waals surface area contributed by atoms with Crippen molar-refractivity contribution in [3.8, 4) is 0 Å². The molecule has 0 amide bonds. The number of rotatable bonds is 3. The standard InChI is InChI=1S/C9H10N4OS2/c1-5-4-14-9(11-5)16-7-3-6(10)12-8(13-7)15-2/h3-4H,1-2H3,(H2,10,12,13). The van der Waals surface area contributed by atoms with E-state index in [1.54, 1.807) is 12.3 Å². The van der Waals surface area contributed by atoms with E-state index in [4.69, 9.17) is 10.2 Å². The molecule has 0 radical (unpaired) electrons. The Hall–Kier alpha value is -1.21. The lowest BCUT2D eigenvalue weighted by Crippen LogP contribution is -1.95. The number of hydrogen-bond donors (Lipinski definition) is 1. The molecule has 2 N–H and O–H groups in total. The molecule has 0 bridgehead atoms. The molecule has 0 atom stereocenters. The summed E-state index contributed by atoms with van der Waals surface area (Å²) in [4.78, 5) is 12.5. The van der Waals surface area contributed by atoms with E-state index in [2.05, 4.69) is 15.0 Å². The molecule has 84 valence electrons. The molecule has 0 unspecified atom stereocenters. The van der Waals surface area contributed by atoms with Gasteiger partial charge < -0.3 is 10.2 Å². The van der Waals surface area contributed by atoms with E-state index in [0.717, 1.165) is 10.7 Å². The Labute approximate surface area is 101 Å². The van der Waals surface area contributed by atoms with Crippen molar-refractivity contribution in [3.05, 3.63) is 18.0 Å². The molecule has 0 aliphatic heterocycles. The van der Waals surface area contributed by atoms with Gasteiger partial charge in [0.25, 0.3) is 5.22 Å². The number of aryl methyl sites for hydroxylation is 1. The Balaban J connectivity index is 2.24. The quantitative estimate of drug-likeness (QED) is 0.511. The second kappa shape index (κ2) is 4.75. The topological polar surface area (TPSA) is 77.8 Å². The van der Waals surface area contributed by atoms with Gasteiger partial charge in [0.15, 0.2) is 5.16 Å². The van der Waals surface area contributed by atoms with Crippen LogP contribution in [-0.4, -0.2) is 21.2 Å². The summed E-state index contributed by atoms with van der Waals surface area (Å²) in [7, 11) is 0. The van der Waals surface area contributed by atoms with Gasteiger partial charge in [0.05, 0.1) is 5.69 Å². The maximum absolute atomic E-state index is 5.67. The van der Waals surface area contributed by atoms with Gasteiger partial charge in [-0.2, -0.15) is 0 Å². The number of aromatic nitrogens is 3. The van der Waals surface area contributed by atoms with Gasteiger partial charge in [-0.05, 0) is 24.9 Å². The predicted octanol–water partition coefficient (Wildman–Crippen LogP) is 2.23. The summed E-state index contributed by atoms with van der Waals surface area (Å²) >= 11 is 2.78. The summed E-state index contributed by atoms with van der Waals surface area (Å²) in [6, 6.07) is 1.70. The normalized spacial score (nSPS) is 10.6. The highest BCUT2D eigenvalue weighted by Crippen LogP contribution is 2.27. The molecule has 2 heterocycles. The van der Waals surface area contributed by atoms with Crippen molar-refractivity contribution < 1.29 is 4.42 Å². The summed E-state index contributed by atoms with van der Waals surface area (Å²) in [6.45, 7) is 1.87. The first-order chi connectivity index (χ1) is 7.67. The lowest BCUT2D eigenvalue weighted by molar-refractivity contribution is 0.453. The van der Waals surface area contributed by atoms with Crippen molar-refractivity contribution in [1.29, 1.82) is 0 Å². The first-order valence-electron chi connectivity index (χ1n) is 4.46. The number of anilines is 1. The Morgan fingerprint density at radius 3 is 2.75 bits per heavy atom. The van der Waals surface area contributed by atoms with E-state index >= 15 is 0 Å². The van der Waals surface area contributed by atoms with Crippen LogP contribution in [0.2, 0.25) is 0 Å². The van der Waals surface area contributed by atoms with Crippen LogP contribution in [0.25, 0.3) is 0 Å². The molecular weight excluding hydrogens is 244 g/mol. The van der Waals surface area contributed by atoms with E-state index in [1.807, 2.05) is 13.2 Å². The monoisotopic (exact) mass is 254 g/mol. The van der Waals surface area contributed by atoms with Gasteiger partial charge in [0.1, 0.15) is 17.1 Å². The second-order valence-electron chi connectivity index (χ2n) is 2.97. The number of hydrogen-bond acceptors (Lipinski definition) is 7. The van der Waals surface area contributed by atoms with Crippen LogP contribution in [0.5, 0.6) is 0 Å². The number of nitrogens with zero attached hydrogens (tertiary/aromatic N) is 3. The smallest absolute Gasteiger partial charge is 0.262 e. The number of thioether (sulfide) groups is 1. The summed E-state index contributed by atoms with van der Waals surface area (Å²) in [6.07, 6.45) is 3.50. The highest BCUT2D eigenvalue weighted by atomic mass is 32.2. The molecule has 0 fully saturated rings. The highest BCUT2D eigenvalue weighted by Gasteiger charge is 2.07. The van der Waals surface area contributed by atoms with Gasteiger partial charge in [-0.25, -0.2) is 15.0 Å². The number of nitrogens with two attached hydrogens (primary N) is 1. The molecule has 0 saturated carbocycles. The summed E-state index contributed by atoms with van der Waals surface area (Å²) in [5, 5.41) is 1.94. The van der Waals surface area contributed by atoms with Crippen molar-refractivity contribution in [2.45, 2.75) is 22.3 Å². The maximum Gasteiger partial charge on any atom is 0.262 e. The molecule has 5 nitrogen and oxygen atoms in total. The van der Waals surface area contributed by atoms with Crippen LogP contribution in [0.3, 0.4) is 0 Å². The van der Waals surface area contributed by atoms with Crippen LogP contribution >= 0.6 is 23.5 Å². The zero-order valence-corrected chi connectivity index (χ0v) is 10.4. The minimum absolute atomic E-state index is 0.449. The van der Waals surface area contributed by atoms with Gasteiger partial charge in [-0.15, -0.1) is 0 Å². The van der Waals surface area contributed by atoms with Gasteiger partial charge in [-0.3, -0.25) is 0 Å². The summed E-state index contributed by atoms with van der Waals surface area (Å²) in [5.74, 6) is 0.449. The van der Waals surface area contributed by atoms with Crippen molar-refractivity contribution in [2.24, 2.45) is 0 Å². The fourth-order valence-corrected chi connectivity index (χ4v) is 2.25. The summed E-state index contributed by atoms with van der Waals surface area (Å²) < 4.78 is 5.23. The van der Waals surface area contributed by atoms with Gasteiger partial charge in [0, 0.05) is 6.07 Å². The molecular formula is C9H10N4OS2. The van der Waals surface area contributed by atoms with Crippen LogP contribution in [0.15, 0.2) is 32.2 Å². The van der Waals surface area contributed by atoms with E-state index in [-0.39, 0.29) is 0 Å². The summed E-state index contributed by atoms with van der Waals surface area (Å²) in [5.41, 5.74) is 6.51. The molecule has 2 aromatic heterocycles. The van der Waals surface area contributed by atoms with Crippen LogP contribution < -0.4 is 5.73 Å². The number of nitrogen functional groups attached to an aromatic ring is 1. The fraction of sp³-hybridized carbons (Fsp3) is 0.222. The number of oxazole rings is 1. The zero-order valence-electron chi connectivity index (χ0n) is 8.80. The zero-order chi connectivity index (χ0) is 11.5. The first kappa shape index (κ1) is 11.3. The van der Waals surface area contributed by atoms with E-state index in [1.165, 1.54) is 23.5 Å². The minimum Gasteiger partial charge on any atom is -0.439 e. The minimum atomic E-state index is 0.449. The van der Waals surface area contributed by atoms with E-state index in [9.17, 15) is 0 Å². The molecule has 0 spiro atoms. The SMILES string of the molecule is CSc1nc(N)cc(Sc2nc(C)co2)n1. The Bertz CT molecular complexity index is 500. The second-order valence-corrected chi connectivity index (χ2v) is 4.72. The average molecular weight is 254 g/mol. The van der Waals surface area contributed by atoms with Gasteiger partial charge in [0.2, 0.25) is 0 Å². The van der Waals surface area contributed by atoms with Gasteiger partial charge >= 0.3 is 0 Å². The van der Waals surface area contributed by atoms with E-state index in [0.29, 0.717) is 16.2 Å². The fourth-order valence-electron chi connectivity index (χ4n) is 1.03. The molecule has 0 aromatic carbocycles. The molecule has 0 saturated heterocycles. The van der Waals surface area contributed by atoms with Crippen molar-refractivity contribution in [3.63, 3.8) is 0 Å². The Morgan fingerprint density at radius 2 is 2.12 bits per heavy atom. The third-order valence-electron chi connectivity index (χ3n) is 1.67. The Kier molecular flexibility index (Phi) is 3.35. The van der Waals surface area contributed by atoms with Crippen LogP contribution in [0, 0.1) is 6.92 Å². The molecule has 16 heavy (non-hydrogen) atoms. The van der Waals surface area contributed by atoms with Crippen LogP contribution in [-0.2, 0) is 0 Å². The third kappa shape index (κ3) is 2.67. The lowest BCUT2D eigenvalue weighted by atomic mass is 10.6. The van der Waals surface area contributed by atoms with E-state index < -0.39 is 0 Å². The maximum atomic E-state index is 5.67. The molecule has 2 rings (SSSR count). The van der Waals surface area contributed by atoms with Gasteiger partial charge in [-0.1, -0.05) is 11.8 Å². The van der Waals surface area contributed by atoms with Crippen molar-refractivity contribution in [1.82, 2.24) is 15.0 Å².